The Morgan fingerprint density at radius 3 is 2.68 bits per heavy atom. The molecule has 3 aromatic rings. The molecule has 9 heteroatoms. The zero-order valence-electron chi connectivity index (χ0n) is 18.0. The molecule has 0 saturated heterocycles. The Kier molecular flexibility index (Phi) is 7.25. The van der Waals surface area contributed by atoms with Crippen LogP contribution in [0.4, 0.5) is 5.13 Å². The molecular formula is C22H26ClN3O4S. The minimum atomic E-state index is -0.109. The van der Waals surface area contributed by atoms with Gasteiger partial charge in [-0.05, 0) is 63.8 Å². The van der Waals surface area contributed by atoms with Gasteiger partial charge >= 0.3 is 0 Å². The Hall–Kier alpha value is -2.55. The predicted octanol–water partition coefficient (Wildman–Crippen LogP) is 4.36. The van der Waals surface area contributed by atoms with Gasteiger partial charge in [0.1, 0.15) is 11.3 Å². The van der Waals surface area contributed by atoms with Crippen molar-refractivity contribution in [3.05, 3.63) is 41.5 Å². The van der Waals surface area contributed by atoms with Crippen LogP contribution in [0.1, 0.15) is 22.3 Å². The van der Waals surface area contributed by atoms with Gasteiger partial charge in [-0.3, -0.25) is 9.69 Å². The van der Waals surface area contributed by atoms with Crippen molar-refractivity contribution >= 4 is 45.0 Å². The highest BCUT2D eigenvalue weighted by molar-refractivity contribution is 7.22. The van der Waals surface area contributed by atoms with Gasteiger partial charge in [-0.25, -0.2) is 4.98 Å². The average molecular weight is 464 g/mol. The highest BCUT2D eigenvalue weighted by Crippen LogP contribution is 2.38. The van der Waals surface area contributed by atoms with Gasteiger partial charge in [-0.2, -0.15) is 0 Å². The standard InChI is InChI=1S/C22H25N3O4S.ClH/c1-14-6-8-17(27-4)19-20(14)30-22(23-19)25(11-5-10-24(2)3)21(26)15-7-9-16-18(12-15)29-13-28-16;/h6-9,12H,5,10-11,13H2,1-4H3;1H. The van der Waals surface area contributed by atoms with Gasteiger partial charge in [-0.1, -0.05) is 17.4 Å². The van der Waals surface area contributed by atoms with Crippen molar-refractivity contribution in [2.75, 3.05) is 46.0 Å². The normalized spacial score (nSPS) is 12.2. The van der Waals surface area contributed by atoms with Gasteiger partial charge < -0.3 is 19.1 Å². The van der Waals surface area contributed by atoms with Crippen LogP contribution in [0.25, 0.3) is 10.2 Å². The number of carbonyl (C=O) groups excluding carboxylic acids is 1. The van der Waals surface area contributed by atoms with E-state index in [9.17, 15) is 4.79 Å². The average Bonchev–Trinajstić information content (AvgIpc) is 3.38. The second-order valence-corrected chi connectivity index (χ2v) is 8.42. The number of aryl methyl sites for hydroxylation is 1. The summed E-state index contributed by atoms with van der Waals surface area (Å²) in [5.74, 6) is 1.85. The van der Waals surface area contributed by atoms with Gasteiger partial charge in [0.25, 0.3) is 5.91 Å². The second kappa shape index (κ2) is 9.72. The topological polar surface area (TPSA) is 64.1 Å². The summed E-state index contributed by atoms with van der Waals surface area (Å²) in [6.45, 7) is 3.65. The number of fused-ring (bicyclic) bond motifs is 2. The molecule has 0 radical (unpaired) electrons. The molecule has 31 heavy (non-hydrogen) atoms. The van der Waals surface area contributed by atoms with E-state index < -0.39 is 0 Å². The summed E-state index contributed by atoms with van der Waals surface area (Å²) in [6, 6.07) is 9.21. The number of hydrogen-bond donors (Lipinski definition) is 0. The van der Waals surface area contributed by atoms with Crippen molar-refractivity contribution in [2.45, 2.75) is 13.3 Å². The Bertz CT molecular complexity index is 1090. The van der Waals surface area contributed by atoms with Gasteiger partial charge in [0.15, 0.2) is 16.6 Å². The van der Waals surface area contributed by atoms with Crippen LogP contribution < -0.4 is 19.1 Å². The number of amides is 1. The van der Waals surface area contributed by atoms with Crippen molar-refractivity contribution in [3.63, 3.8) is 0 Å². The van der Waals surface area contributed by atoms with E-state index in [1.165, 1.54) is 11.3 Å². The molecule has 0 saturated carbocycles. The summed E-state index contributed by atoms with van der Waals surface area (Å²) in [5, 5.41) is 0.666. The Morgan fingerprint density at radius 2 is 1.94 bits per heavy atom. The maximum Gasteiger partial charge on any atom is 0.260 e. The molecule has 0 atom stereocenters. The van der Waals surface area contributed by atoms with Crippen LogP contribution in [0.5, 0.6) is 17.2 Å². The Morgan fingerprint density at radius 1 is 1.16 bits per heavy atom. The number of ether oxygens (including phenoxy) is 3. The smallest absolute Gasteiger partial charge is 0.260 e. The number of anilines is 1. The minimum Gasteiger partial charge on any atom is -0.494 e. The fraction of sp³-hybridized carbons (Fsp3) is 0.364. The SMILES string of the molecule is COc1ccc(C)c2sc(N(CCCN(C)C)C(=O)c3ccc4c(c3)OCO4)nc12.Cl. The molecule has 7 nitrogen and oxygen atoms in total. The van der Waals surface area contributed by atoms with E-state index in [4.69, 9.17) is 19.2 Å². The number of nitrogens with zero attached hydrogens (tertiary/aromatic N) is 3. The molecule has 0 N–H and O–H groups in total. The molecule has 1 aromatic heterocycles. The number of benzene rings is 2. The van der Waals surface area contributed by atoms with Crippen LogP contribution in [0, 0.1) is 6.92 Å². The summed E-state index contributed by atoms with van der Waals surface area (Å²) < 4.78 is 17.3. The molecule has 0 aliphatic carbocycles. The fourth-order valence-electron chi connectivity index (χ4n) is 3.39. The molecule has 0 unspecified atom stereocenters. The summed E-state index contributed by atoms with van der Waals surface area (Å²) in [4.78, 5) is 22.1. The number of thiazole rings is 1. The Labute approximate surface area is 191 Å². The molecule has 2 heterocycles. The van der Waals surface area contributed by atoms with Crippen molar-refractivity contribution in [2.24, 2.45) is 0 Å². The number of carbonyl (C=O) groups is 1. The van der Waals surface area contributed by atoms with E-state index in [0.29, 0.717) is 34.5 Å². The summed E-state index contributed by atoms with van der Waals surface area (Å²) in [6.07, 6.45) is 0.829. The zero-order valence-corrected chi connectivity index (χ0v) is 19.6. The first-order chi connectivity index (χ1) is 14.5. The van der Waals surface area contributed by atoms with Crippen LogP contribution in [0.15, 0.2) is 30.3 Å². The molecule has 4 rings (SSSR count). The third kappa shape index (κ3) is 4.71. The number of rotatable bonds is 7. The van der Waals surface area contributed by atoms with Crippen molar-refractivity contribution in [3.8, 4) is 17.2 Å². The van der Waals surface area contributed by atoms with E-state index in [1.54, 1.807) is 30.2 Å². The van der Waals surface area contributed by atoms with Crippen LogP contribution in [0.2, 0.25) is 0 Å². The van der Waals surface area contributed by atoms with E-state index in [0.717, 1.165) is 28.7 Å². The number of hydrogen-bond acceptors (Lipinski definition) is 7. The third-order valence-corrected chi connectivity index (χ3v) is 6.21. The zero-order chi connectivity index (χ0) is 21.3. The van der Waals surface area contributed by atoms with Crippen molar-refractivity contribution in [1.29, 1.82) is 0 Å². The first-order valence-electron chi connectivity index (χ1n) is 9.78. The Balaban J connectivity index is 0.00000272. The van der Waals surface area contributed by atoms with Crippen molar-refractivity contribution in [1.82, 2.24) is 9.88 Å². The summed E-state index contributed by atoms with van der Waals surface area (Å²) in [5.41, 5.74) is 2.44. The maximum absolute atomic E-state index is 13.5. The van der Waals surface area contributed by atoms with E-state index in [1.807, 2.05) is 33.2 Å². The lowest BCUT2D eigenvalue weighted by Gasteiger charge is -2.21. The number of aromatic nitrogens is 1. The monoisotopic (exact) mass is 463 g/mol. The van der Waals surface area contributed by atoms with Gasteiger partial charge in [0.2, 0.25) is 6.79 Å². The maximum atomic E-state index is 13.5. The molecular weight excluding hydrogens is 438 g/mol. The van der Waals surface area contributed by atoms with E-state index in [2.05, 4.69) is 4.90 Å². The second-order valence-electron chi connectivity index (χ2n) is 7.44. The molecule has 1 aliphatic rings. The van der Waals surface area contributed by atoms with E-state index >= 15 is 0 Å². The predicted molar refractivity (Wildman–Crippen MR) is 126 cm³/mol. The molecule has 0 spiro atoms. The lowest BCUT2D eigenvalue weighted by Crippen LogP contribution is -2.33. The fourth-order valence-corrected chi connectivity index (χ4v) is 4.47. The lowest BCUT2D eigenvalue weighted by molar-refractivity contribution is 0.0985. The van der Waals surface area contributed by atoms with Crippen LogP contribution in [-0.2, 0) is 0 Å². The van der Waals surface area contributed by atoms with Gasteiger partial charge in [0.05, 0.1) is 11.8 Å². The van der Waals surface area contributed by atoms with Crippen LogP contribution in [0.3, 0.4) is 0 Å². The van der Waals surface area contributed by atoms with Crippen molar-refractivity contribution < 1.29 is 19.0 Å². The number of halogens is 1. The van der Waals surface area contributed by atoms with Crippen LogP contribution >= 0.6 is 23.7 Å². The molecule has 0 bridgehead atoms. The molecule has 166 valence electrons. The van der Waals surface area contributed by atoms with Gasteiger partial charge in [-0.15, -0.1) is 12.4 Å². The third-order valence-electron chi connectivity index (χ3n) is 4.99. The summed E-state index contributed by atoms with van der Waals surface area (Å²) >= 11 is 1.51. The summed E-state index contributed by atoms with van der Waals surface area (Å²) in [7, 11) is 5.68. The van der Waals surface area contributed by atoms with Crippen LogP contribution in [-0.4, -0.2) is 56.9 Å². The number of methoxy groups -OCH3 is 1. The highest BCUT2D eigenvalue weighted by Gasteiger charge is 2.24. The first kappa shape index (κ1) is 23.1. The van der Waals surface area contributed by atoms with Gasteiger partial charge in [0, 0.05) is 12.1 Å². The first-order valence-corrected chi connectivity index (χ1v) is 10.6. The molecule has 0 fully saturated rings. The molecule has 1 aliphatic heterocycles. The highest BCUT2D eigenvalue weighted by atomic mass is 35.5. The largest absolute Gasteiger partial charge is 0.494 e. The quantitative estimate of drug-likeness (QED) is 0.518. The van der Waals surface area contributed by atoms with E-state index in [-0.39, 0.29) is 25.1 Å². The minimum absolute atomic E-state index is 0. The molecule has 1 amide bonds. The molecule has 2 aromatic carbocycles. The lowest BCUT2D eigenvalue weighted by atomic mass is 10.1.